The van der Waals surface area contributed by atoms with Crippen LogP contribution in [0.5, 0.6) is 0 Å². The van der Waals surface area contributed by atoms with Crippen molar-refractivity contribution in [3.63, 3.8) is 0 Å². The minimum atomic E-state index is -0.683. The third-order valence-electron chi connectivity index (χ3n) is 5.09. The number of aryl methyl sites for hydroxylation is 1. The molecule has 6 nitrogen and oxygen atoms in total. The molecule has 6 heteroatoms. The van der Waals surface area contributed by atoms with Gasteiger partial charge in [0, 0.05) is 38.2 Å². The van der Waals surface area contributed by atoms with Crippen LogP contribution in [-0.4, -0.2) is 36.8 Å². The zero-order valence-corrected chi connectivity index (χ0v) is 17.6. The van der Waals surface area contributed by atoms with E-state index in [-0.39, 0.29) is 24.2 Å². The summed E-state index contributed by atoms with van der Waals surface area (Å²) in [7, 11) is 0. The number of hydrogen-bond acceptors (Lipinski definition) is 6. The molecule has 164 valence electrons. The van der Waals surface area contributed by atoms with Crippen molar-refractivity contribution >= 4 is 0 Å². The van der Waals surface area contributed by atoms with E-state index in [1.807, 2.05) is 30.3 Å². The third-order valence-corrected chi connectivity index (χ3v) is 5.09. The van der Waals surface area contributed by atoms with Crippen molar-refractivity contribution in [2.45, 2.75) is 70.6 Å². The summed E-state index contributed by atoms with van der Waals surface area (Å²) in [6, 6.07) is 12.9. The van der Waals surface area contributed by atoms with Crippen LogP contribution in [0, 0.1) is 6.92 Å². The SMILES string of the molecule is Cc1cc(=O)cc(CC(O)C[C@H](CCOCc2ccccc2)OC2CCCCO2)o1. The monoisotopic (exact) mass is 416 g/mol. The minimum absolute atomic E-state index is 0.112. The Kier molecular flexibility index (Phi) is 9.08. The predicted molar refractivity (Wildman–Crippen MR) is 113 cm³/mol. The largest absolute Gasteiger partial charge is 0.466 e. The normalized spacial score (nSPS) is 18.8. The quantitative estimate of drug-likeness (QED) is 0.562. The maximum absolute atomic E-state index is 11.7. The smallest absolute Gasteiger partial charge is 0.185 e. The van der Waals surface area contributed by atoms with Gasteiger partial charge in [-0.3, -0.25) is 4.79 Å². The Bertz CT molecular complexity index is 797. The fourth-order valence-electron chi connectivity index (χ4n) is 3.64. The summed E-state index contributed by atoms with van der Waals surface area (Å²) in [6.45, 7) is 3.51. The number of aliphatic hydroxyl groups excluding tert-OH is 1. The number of benzene rings is 1. The van der Waals surface area contributed by atoms with Gasteiger partial charge in [0.2, 0.25) is 0 Å². The Labute approximate surface area is 177 Å². The number of rotatable bonds is 11. The molecule has 1 aromatic heterocycles. The van der Waals surface area contributed by atoms with Crippen molar-refractivity contribution < 1.29 is 23.7 Å². The van der Waals surface area contributed by atoms with Crippen molar-refractivity contribution in [3.8, 4) is 0 Å². The summed E-state index contributed by atoms with van der Waals surface area (Å²) in [5.74, 6) is 1.03. The van der Waals surface area contributed by atoms with E-state index in [2.05, 4.69) is 0 Å². The first-order chi connectivity index (χ1) is 14.6. The van der Waals surface area contributed by atoms with E-state index in [4.69, 9.17) is 18.6 Å². The van der Waals surface area contributed by atoms with Crippen LogP contribution in [0.25, 0.3) is 0 Å². The van der Waals surface area contributed by atoms with Crippen LogP contribution >= 0.6 is 0 Å². The lowest BCUT2D eigenvalue weighted by molar-refractivity contribution is -0.196. The molecule has 2 aromatic rings. The van der Waals surface area contributed by atoms with E-state index >= 15 is 0 Å². The maximum Gasteiger partial charge on any atom is 0.185 e. The van der Waals surface area contributed by atoms with E-state index in [1.165, 1.54) is 12.1 Å². The second-order valence-corrected chi connectivity index (χ2v) is 7.84. The van der Waals surface area contributed by atoms with Crippen LogP contribution in [0.4, 0.5) is 0 Å². The summed E-state index contributed by atoms with van der Waals surface area (Å²) < 4.78 is 23.2. The topological polar surface area (TPSA) is 78.1 Å². The van der Waals surface area contributed by atoms with Gasteiger partial charge in [-0.05, 0) is 38.2 Å². The zero-order valence-electron chi connectivity index (χ0n) is 17.6. The Balaban J connectivity index is 1.51. The first kappa shape index (κ1) is 22.7. The lowest BCUT2D eigenvalue weighted by atomic mass is 10.0. The van der Waals surface area contributed by atoms with Crippen LogP contribution in [0.3, 0.4) is 0 Å². The fraction of sp³-hybridized carbons (Fsp3) is 0.542. The average Bonchev–Trinajstić information content (AvgIpc) is 2.72. The molecule has 1 fully saturated rings. The van der Waals surface area contributed by atoms with Gasteiger partial charge < -0.3 is 23.7 Å². The molecule has 30 heavy (non-hydrogen) atoms. The molecule has 1 saturated heterocycles. The Morgan fingerprint density at radius 2 is 2.03 bits per heavy atom. The summed E-state index contributed by atoms with van der Waals surface area (Å²) >= 11 is 0. The molecule has 0 amide bonds. The van der Waals surface area contributed by atoms with E-state index in [1.54, 1.807) is 6.92 Å². The molecule has 0 radical (unpaired) electrons. The maximum atomic E-state index is 11.7. The van der Waals surface area contributed by atoms with Crippen molar-refractivity contribution in [2.75, 3.05) is 13.2 Å². The van der Waals surface area contributed by atoms with E-state index in [9.17, 15) is 9.90 Å². The molecule has 2 unspecified atom stereocenters. The molecule has 1 aliphatic heterocycles. The summed E-state index contributed by atoms with van der Waals surface area (Å²) in [5, 5.41) is 10.6. The standard InChI is InChI=1S/C24H32O6/c1-18-13-20(25)15-23(29-18)16-21(26)14-22(30-24-9-5-6-11-28-24)10-12-27-17-19-7-3-2-4-8-19/h2-4,7-8,13,15,21-22,24,26H,5-6,9-12,14,16-17H2,1H3/t21?,22-,24?/m0/s1. The van der Waals surface area contributed by atoms with Crippen LogP contribution in [0.15, 0.2) is 51.7 Å². The van der Waals surface area contributed by atoms with Gasteiger partial charge in [-0.2, -0.15) is 0 Å². The molecule has 3 atom stereocenters. The van der Waals surface area contributed by atoms with Crippen molar-refractivity contribution in [1.29, 1.82) is 0 Å². The van der Waals surface area contributed by atoms with Gasteiger partial charge in [0.1, 0.15) is 11.5 Å². The molecule has 0 saturated carbocycles. The number of ether oxygens (including phenoxy) is 3. The van der Waals surface area contributed by atoms with E-state index in [0.29, 0.717) is 44.2 Å². The van der Waals surface area contributed by atoms with Crippen LogP contribution in [-0.2, 0) is 27.2 Å². The van der Waals surface area contributed by atoms with Crippen LogP contribution < -0.4 is 5.43 Å². The molecule has 3 rings (SSSR count). The summed E-state index contributed by atoms with van der Waals surface area (Å²) in [4.78, 5) is 11.7. The second-order valence-electron chi connectivity index (χ2n) is 7.84. The van der Waals surface area contributed by atoms with Gasteiger partial charge in [-0.25, -0.2) is 0 Å². The Hall–Kier alpha value is -1.99. The first-order valence-electron chi connectivity index (χ1n) is 10.8. The number of aliphatic hydroxyl groups is 1. The van der Waals surface area contributed by atoms with E-state index in [0.717, 1.165) is 24.8 Å². The second kappa shape index (κ2) is 12.0. The van der Waals surface area contributed by atoms with Crippen LogP contribution in [0.1, 0.15) is 49.2 Å². The third kappa shape index (κ3) is 8.03. The van der Waals surface area contributed by atoms with Gasteiger partial charge >= 0.3 is 0 Å². The highest BCUT2D eigenvalue weighted by Crippen LogP contribution is 2.20. The molecular weight excluding hydrogens is 384 g/mol. The van der Waals surface area contributed by atoms with Gasteiger partial charge in [0.05, 0.1) is 18.8 Å². The Morgan fingerprint density at radius 1 is 1.20 bits per heavy atom. The molecule has 0 spiro atoms. The molecule has 1 aromatic carbocycles. The van der Waals surface area contributed by atoms with Gasteiger partial charge in [-0.1, -0.05) is 30.3 Å². The van der Waals surface area contributed by atoms with Crippen molar-refractivity contribution in [2.24, 2.45) is 0 Å². The zero-order chi connectivity index (χ0) is 21.2. The van der Waals surface area contributed by atoms with Crippen LogP contribution in [0.2, 0.25) is 0 Å². The molecule has 1 N–H and O–H groups in total. The highest BCUT2D eigenvalue weighted by atomic mass is 16.7. The lowest BCUT2D eigenvalue weighted by Gasteiger charge is -2.29. The lowest BCUT2D eigenvalue weighted by Crippen LogP contribution is -2.31. The van der Waals surface area contributed by atoms with Crippen molar-refractivity contribution in [1.82, 2.24) is 0 Å². The molecule has 0 bridgehead atoms. The molecule has 1 aliphatic rings. The molecule has 0 aliphatic carbocycles. The summed E-state index contributed by atoms with van der Waals surface area (Å²) in [5.41, 5.74) is 1.01. The van der Waals surface area contributed by atoms with Crippen molar-refractivity contribution in [3.05, 3.63) is 69.8 Å². The number of hydrogen-bond donors (Lipinski definition) is 1. The summed E-state index contributed by atoms with van der Waals surface area (Å²) in [6.07, 6.45) is 3.24. The average molecular weight is 417 g/mol. The van der Waals surface area contributed by atoms with Gasteiger partial charge in [-0.15, -0.1) is 0 Å². The van der Waals surface area contributed by atoms with Gasteiger partial charge in [0.25, 0.3) is 0 Å². The predicted octanol–water partition coefficient (Wildman–Crippen LogP) is 3.76. The molecule has 2 heterocycles. The van der Waals surface area contributed by atoms with Gasteiger partial charge in [0.15, 0.2) is 11.7 Å². The minimum Gasteiger partial charge on any atom is -0.466 e. The Morgan fingerprint density at radius 3 is 2.77 bits per heavy atom. The van der Waals surface area contributed by atoms with E-state index < -0.39 is 6.10 Å². The highest BCUT2D eigenvalue weighted by Gasteiger charge is 2.23. The molecular formula is C24H32O6. The first-order valence-corrected chi connectivity index (χ1v) is 10.8. The highest BCUT2D eigenvalue weighted by molar-refractivity contribution is 5.13. The fourth-order valence-corrected chi connectivity index (χ4v) is 3.64.